The fraction of sp³-hybridized carbons (Fsp3) is 0.500. The molecule has 0 aliphatic rings. The van der Waals surface area contributed by atoms with Gasteiger partial charge in [-0.3, -0.25) is 0 Å². The van der Waals surface area contributed by atoms with Gasteiger partial charge < -0.3 is 5.32 Å². The first kappa shape index (κ1) is 11.8. The molecular formula is C12H18IN. The van der Waals surface area contributed by atoms with Crippen molar-refractivity contribution in [3.8, 4) is 0 Å². The molecule has 0 bridgehead atoms. The Morgan fingerprint density at radius 2 is 1.86 bits per heavy atom. The lowest BCUT2D eigenvalue weighted by atomic mass is 10.1. The number of hydrogen-bond acceptors (Lipinski definition) is 1. The third-order valence-electron chi connectivity index (χ3n) is 2.13. The lowest BCUT2D eigenvalue weighted by Crippen LogP contribution is -2.02. The number of benzene rings is 1. The summed E-state index contributed by atoms with van der Waals surface area (Å²) in [5.41, 5.74) is 1.23. The highest BCUT2D eigenvalue weighted by atomic mass is 127. The molecule has 2 heteroatoms. The highest BCUT2D eigenvalue weighted by molar-refractivity contribution is 14.1. The molecule has 0 atom stereocenters. The minimum Gasteiger partial charge on any atom is -0.385 e. The van der Waals surface area contributed by atoms with Crippen LogP contribution in [0.2, 0.25) is 0 Å². The Bertz CT molecular complexity index is 254. The minimum absolute atomic E-state index is 0.813. The zero-order valence-corrected chi connectivity index (χ0v) is 11.0. The molecule has 1 N–H and O–H groups in total. The van der Waals surface area contributed by atoms with Gasteiger partial charge in [0, 0.05) is 15.8 Å². The van der Waals surface area contributed by atoms with Crippen molar-refractivity contribution in [2.75, 3.05) is 11.9 Å². The van der Waals surface area contributed by atoms with Crippen LogP contribution >= 0.6 is 22.6 Å². The van der Waals surface area contributed by atoms with E-state index in [2.05, 4.69) is 66.0 Å². The Morgan fingerprint density at radius 3 is 2.43 bits per heavy atom. The van der Waals surface area contributed by atoms with Gasteiger partial charge >= 0.3 is 0 Å². The smallest absolute Gasteiger partial charge is 0.0340 e. The maximum Gasteiger partial charge on any atom is 0.0340 e. The average molecular weight is 303 g/mol. The molecule has 1 aromatic carbocycles. The van der Waals surface area contributed by atoms with Gasteiger partial charge in [0.15, 0.2) is 0 Å². The standard InChI is InChI=1S/C12H18IN/c1-10(2)4-3-9-14-12-7-5-11(13)6-8-12/h5-8,10,14H,3-4,9H2,1-2H3. The molecule has 0 radical (unpaired) electrons. The molecule has 0 fully saturated rings. The van der Waals surface area contributed by atoms with Crippen molar-refractivity contribution in [2.45, 2.75) is 26.7 Å². The highest BCUT2D eigenvalue weighted by Gasteiger charge is 1.94. The summed E-state index contributed by atoms with van der Waals surface area (Å²) in [5, 5.41) is 3.42. The van der Waals surface area contributed by atoms with E-state index >= 15 is 0 Å². The van der Waals surface area contributed by atoms with E-state index in [9.17, 15) is 0 Å². The number of anilines is 1. The number of rotatable bonds is 5. The molecule has 0 heterocycles. The van der Waals surface area contributed by atoms with Crippen LogP contribution in [0.5, 0.6) is 0 Å². The van der Waals surface area contributed by atoms with Crippen LogP contribution in [0.1, 0.15) is 26.7 Å². The van der Waals surface area contributed by atoms with E-state index in [1.165, 1.54) is 22.1 Å². The SMILES string of the molecule is CC(C)CCCNc1ccc(I)cc1. The summed E-state index contributed by atoms with van der Waals surface area (Å²) in [6.07, 6.45) is 2.56. The van der Waals surface area contributed by atoms with Gasteiger partial charge in [-0.05, 0) is 65.6 Å². The Labute approximate surface area is 100 Å². The zero-order valence-electron chi connectivity index (χ0n) is 8.89. The fourth-order valence-corrected chi connectivity index (χ4v) is 1.67. The topological polar surface area (TPSA) is 12.0 Å². The summed E-state index contributed by atoms with van der Waals surface area (Å²) >= 11 is 2.32. The van der Waals surface area contributed by atoms with Crippen molar-refractivity contribution in [3.63, 3.8) is 0 Å². The predicted molar refractivity (Wildman–Crippen MR) is 71.7 cm³/mol. The Hall–Kier alpha value is -0.250. The van der Waals surface area contributed by atoms with E-state index in [4.69, 9.17) is 0 Å². The quantitative estimate of drug-likeness (QED) is 0.637. The van der Waals surface area contributed by atoms with E-state index in [-0.39, 0.29) is 0 Å². The molecule has 1 aromatic rings. The van der Waals surface area contributed by atoms with E-state index in [0.29, 0.717) is 0 Å². The average Bonchev–Trinajstić information content (AvgIpc) is 2.15. The fourth-order valence-electron chi connectivity index (χ4n) is 1.31. The minimum atomic E-state index is 0.813. The zero-order chi connectivity index (χ0) is 10.4. The maximum atomic E-state index is 3.42. The van der Waals surface area contributed by atoms with E-state index in [1.807, 2.05) is 0 Å². The lowest BCUT2D eigenvalue weighted by molar-refractivity contribution is 0.567. The molecule has 0 spiro atoms. The summed E-state index contributed by atoms with van der Waals surface area (Å²) in [5.74, 6) is 0.813. The van der Waals surface area contributed by atoms with Crippen molar-refractivity contribution < 1.29 is 0 Å². The summed E-state index contributed by atoms with van der Waals surface area (Å²) in [6, 6.07) is 8.53. The van der Waals surface area contributed by atoms with Gasteiger partial charge in [0.05, 0.1) is 0 Å². The van der Waals surface area contributed by atoms with Crippen LogP contribution in [0.3, 0.4) is 0 Å². The first-order chi connectivity index (χ1) is 6.68. The molecule has 1 rings (SSSR count). The number of nitrogens with one attached hydrogen (secondary N) is 1. The van der Waals surface area contributed by atoms with Gasteiger partial charge in [-0.1, -0.05) is 13.8 Å². The monoisotopic (exact) mass is 303 g/mol. The van der Waals surface area contributed by atoms with Crippen LogP contribution in [-0.2, 0) is 0 Å². The molecule has 1 nitrogen and oxygen atoms in total. The summed E-state index contributed by atoms with van der Waals surface area (Å²) in [6.45, 7) is 5.62. The second kappa shape index (κ2) is 6.27. The molecule has 0 aliphatic heterocycles. The van der Waals surface area contributed by atoms with E-state index in [1.54, 1.807) is 0 Å². The van der Waals surface area contributed by atoms with Crippen LogP contribution in [0.25, 0.3) is 0 Å². The Kier molecular flexibility index (Phi) is 5.30. The Morgan fingerprint density at radius 1 is 1.21 bits per heavy atom. The van der Waals surface area contributed by atoms with Crippen LogP contribution in [-0.4, -0.2) is 6.54 Å². The molecule has 0 aliphatic carbocycles. The second-order valence-corrected chi connectivity index (χ2v) is 5.22. The second-order valence-electron chi connectivity index (χ2n) is 3.97. The molecule has 14 heavy (non-hydrogen) atoms. The van der Waals surface area contributed by atoms with Crippen LogP contribution < -0.4 is 5.32 Å². The Balaban J connectivity index is 2.21. The molecule has 0 saturated carbocycles. The summed E-state index contributed by atoms with van der Waals surface area (Å²) < 4.78 is 1.29. The number of halogens is 1. The molecule has 78 valence electrons. The highest BCUT2D eigenvalue weighted by Crippen LogP contribution is 2.11. The third-order valence-corrected chi connectivity index (χ3v) is 2.85. The first-order valence-electron chi connectivity index (χ1n) is 5.18. The van der Waals surface area contributed by atoms with Crippen molar-refractivity contribution in [1.82, 2.24) is 0 Å². The van der Waals surface area contributed by atoms with Gasteiger partial charge in [-0.25, -0.2) is 0 Å². The van der Waals surface area contributed by atoms with Crippen molar-refractivity contribution >= 4 is 28.3 Å². The predicted octanol–water partition coefficient (Wildman–Crippen LogP) is 4.14. The largest absolute Gasteiger partial charge is 0.385 e. The van der Waals surface area contributed by atoms with Crippen molar-refractivity contribution in [1.29, 1.82) is 0 Å². The molecule has 0 amide bonds. The normalized spacial score (nSPS) is 10.6. The van der Waals surface area contributed by atoms with Gasteiger partial charge in [-0.2, -0.15) is 0 Å². The van der Waals surface area contributed by atoms with E-state index in [0.717, 1.165) is 12.5 Å². The summed E-state index contributed by atoms with van der Waals surface area (Å²) in [4.78, 5) is 0. The molecule has 0 saturated heterocycles. The maximum absolute atomic E-state index is 3.42. The van der Waals surface area contributed by atoms with Crippen LogP contribution in [0.4, 0.5) is 5.69 Å². The number of hydrogen-bond donors (Lipinski definition) is 1. The van der Waals surface area contributed by atoms with E-state index < -0.39 is 0 Å². The van der Waals surface area contributed by atoms with Crippen molar-refractivity contribution in [3.05, 3.63) is 27.8 Å². The van der Waals surface area contributed by atoms with Gasteiger partial charge in [-0.15, -0.1) is 0 Å². The molecular weight excluding hydrogens is 285 g/mol. The van der Waals surface area contributed by atoms with Crippen LogP contribution in [0, 0.1) is 9.49 Å². The lowest BCUT2D eigenvalue weighted by Gasteiger charge is -2.07. The van der Waals surface area contributed by atoms with Gasteiger partial charge in [0.1, 0.15) is 0 Å². The summed E-state index contributed by atoms with van der Waals surface area (Å²) in [7, 11) is 0. The van der Waals surface area contributed by atoms with Crippen molar-refractivity contribution in [2.24, 2.45) is 5.92 Å². The third kappa shape index (κ3) is 4.84. The van der Waals surface area contributed by atoms with Crippen LogP contribution in [0.15, 0.2) is 24.3 Å². The van der Waals surface area contributed by atoms with Gasteiger partial charge in [0.25, 0.3) is 0 Å². The first-order valence-corrected chi connectivity index (χ1v) is 6.26. The van der Waals surface area contributed by atoms with Gasteiger partial charge in [0.2, 0.25) is 0 Å². The molecule has 0 aromatic heterocycles. The molecule has 0 unspecified atom stereocenters.